The monoisotopic (exact) mass is 226 g/mol. The molecule has 1 saturated heterocycles. The molecule has 1 N–H and O–H groups in total. The molecule has 2 amide bonds. The van der Waals surface area contributed by atoms with Gasteiger partial charge in [-0.05, 0) is 19.8 Å². The van der Waals surface area contributed by atoms with Crippen LogP contribution in [0.5, 0.6) is 0 Å². The molecule has 0 radical (unpaired) electrons. The minimum atomic E-state index is 0.0997. The van der Waals surface area contributed by atoms with Crippen molar-refractivity contribution in [3.63, 3.8) is 0 Å². The predicted octanol–water partition coefficient (Wildman–Crippen LogP) is 1.75. The van der Waals surface area contributed by atoms with Crippen LogP contribution in [-0.2, 0) is 4.74 Å². The molecule has 0 aromatic carbocycles. The van der Waals surface area contributed by atoms with Crippen molar-refractivity contribution < 1.29 is 9.53 Å². The summed E-state index contributed by atoms with van der Waals surface area (Å²) >= 11 is 0. The van der Waals surface area contributed by atoms with Crippen molar-refractivity contribution in [1.82, 2.24) is 10.2 Å². The number of ether oxygens (including phenoxy) is 1. The summed E-state index contributed by atoms with van der Waals surface area (Å²) in [6, 6.07) is 0.705. The van der Waals surface area contributed by atoms with Gasteiger partial charge >= 0.3 is 6.03 Å². The first-order chi connectivity index (χ1) is 7.77. The molecule has 4 nitrogen and oxygen atoms in total. The molecular weight excluding hydrogens is 204 g/mol. The van der Waals surface area contributed by atoms with Gasteiger partial charge in [0, 0.05) is 12.6 Å². The number of rotatable bonds is 1. The summed E-state index contributed by atoms with van der Waals surface area (Å²) < 4.78 is 5.33. The number of carbonyl (C=O) groups is 1. The van der Waals surface area contributed by atoms with Gasteiger partial charge in [-0.2, -0.15) is 0 Å². The highest BCUT2D eigenvalue weighted by Gasteiger charge is 2.25. The van der Waals surface area contributed by atoms with Crippen LogP contribution in [0.1, 0.15) is 39.0 Å². The molecule has 1 aliphatic heterocycles. The Bertz CT molecular complexity index is 239. The number of hydrogen-bond donors (Lipinski definition) is 1. The molecule has 0 spiro atoms. The Morgan fingerprint density at radius 1 is 1.31 bits per heavy atom. The molecule has 0 unspecified atom stereocenters. The average Bonchev–Trinajstić information content (AvgIpc) is 2.31. The van der Waals surface area contributed by atoms with E-state index in [0.717, 1.165) is 19.4 Å². The first-order valence-electron chi connectivity index (χ1n) is 6.42. The second-order valence-electron chi connectivity index (χ2n) is 4.90. The Kier molecular flexibility index (Phi) is 4.04. The summed E-state index contributed by atoms with van der Waals surface area (Å²) in [4.78, 5) is 13.9. The van der Waals surface area contributed by atoms with Crippen molar-refractivity contribution in [2.75, 3.05) is 19.8 Å². The second-order valence-corrected chi connectivity index (χ2v) is 4.90. The topological polar surface area (TPSA) is 41.6 Å². The van der Waals surface area contributed by atoms with E-state index in [-0.39, 0.29) is 12.1 Å². The van der Waals surface area contributed by atoms with Gasteiger partial charge in [-0.25, -0.2) is 4.79 Å². The zero-order valence-corrected chi connectivity index (χ0v) is 10.1. The third kappa shape index (κ3) is 2.88. The highest BCUT2D eigenvalue weighted by atomic mass is 16.5. The minimum absolute atomic E-state index is 0.0997. The van der Waals surface area contributed by atoms with Crippen LogP contribution in [0, 0.1) is 0 Å². The van der Waals surface area contributed by atoms with Gasteiger partial charge in [0.05, 0.1) is 19.3 Å². The van der Waals surface area contributed by atoms with E-state index in [9.17, 15) is 4.79 Å². The van der Waals surface area contributed by atoms with E-state index in [0.29, 0.717) is 19.3 Å². The Hall–Kier alpha value is -0.770. The van der Waals surface area contributed by atoms with E-state index in [1.54, 1.807) is 0 Å². The molecule has 4 heteroatoms. The number of carbonyl (C=O) groups excluding carboxylic acids is 1. The normalized spacial score (nSPS) is 27.8. The third-order valence-electron chi connectivity index (χ3n) is 3.56. The first kappa shape index (κ1) is 11.7. The fraction of sp³-hybridized carbons (Fsp3) is 0.917. The number of hydrogen-bond acceptors (Lipinski definition) is 2. The molecular formula is C12H22N2O2. The van der Waals surface area contributed by atoms with Crippen molar-refractivity contribution in [3.05, 3.63) is 0 Å². The maximum atomic E-state index is 12.0. The van der Waals surface area contributed by atoms with Crippen molar-refractivity contribution >= 4 is 6.03 Å². The molecule has 1 aliphatic carbocycles. The Morgan fingerprint density at radius 3 is 2.75 bits per heavy atom. The van der Waals surface area contributed by atoms with Crippen LogP contribution in [0.3, 0.4) is 0 Å². The molecule has 2 fully saturated rings. The van der Waals surface area contributed by atoms with Crippen LogP contribution in [0.2, 0.25) is 0 Å². The van der Waals surface area contributed by atoms with Gasteiger partial charge in [-0.1, -0.05) is 19.3 Å². The predicted molar refractivity (Wildman–Crippen MR) is 62.4 cm³/mol. The molecule has 2 rings (SSSR count). The van der Waals surface area contributed by atoms with E-state index >= 15 is 0 Å². The van der Waals surface area contributed by atoms with Gasteiger partial charge in [0.2, 0.25) is 0 Å². The zero-order chi connectivity index (χ0) is 11.4. The lowest BCUT2D eigenvalue weighted by Gasteiger charge is -2.35. The average molecular weight is 226 g/mol. The Labute approximate surface area is 97.3 Å². The summed E-state index contributed by atoms with van der Waals surface area (Å²) in [5.74, 6) is 0. The summed E-state index contributed by atoms with van der Waals surface area (Å²) in [7, 11) is 0. The SMILES string of the molecule is C[C@@H]1COCCN1C(=O)NC1CCCCC1. The first-order valence-corrected chi connectivity index (χ1v) is 6.42. The van der Waals surface area contributed by atoms with E-state index in [2.05, 4.69) is 5.32 Å². The highest BCUT2D eigenvalue weighted by molar-refractivity contribution is 5.75. The maximum absolute atomic E-state index is 12.0. The number of urea groups is 1. The molecule has 1 saturated carbocycles. The molecule has 92 valence electrons. The van der Waals surface area contributed by atoms with Crippen LogP contribution in [0.15, 0.2) is 0 Å². The van der Waals surface area contributed by atoms with Gasteiger partial charge in [-0.15, -0.1) is 0 Å². The molecule has 1 atom stereocenters. The molecule has 0 bridgehead atoms. The van der Waals surface area contributed by atoms with Gasteiger partial charge < -0.3 is 15.0 Å². The quantitative estimate of drug-likeness (QED) is 0.740. The molecule has 16 heavy (non-hydrogen) atoms. The summed E-state index contributed by atoms with van der Waals surface area (Å²) in [6.45, 7) is 4.10. The lowest BCUT2D eigenvalue weighted by molar-refractivity contribution is 0.0181. The van der Waals surface area contributed by atoms with E-state index in [1.807, 2.05) is 11.8 Å². The second kappa shape index (κ2) is 5.53. The number of nitrogens with one attached hydrogen (secondary N) is 1. The van der Waals surface area contributed by atoms with Crippen LogP contribution >= 0.6 is 0 Å². The number of morpholine rings is 1. The summed E-state index contributed by atoms with van der Waals surface area (Å²) in [5.41, 5.74) is 0. The molecule has 0 aromatic heterocycles. The standard InChI is InChI=1S/C12H22N2O2/c1-10-9-16-8-7-14(10)12(15)13-11-5-3-2-4-6-11/h10-11H,2-9H2,1H3,(H,13,15)/t10-/m1/s1. The van der Waals surface area contributed by atoms with Gasteiger partial charge in [0.1, 0.15) is 0 Å². The summed E-state index contributed by atoms with van der Waals surface area (Å²) in [6.07, 6.45) is 6.11. The lowest BCUT2D eigenvalue weighted by atomic mass is 9.96. The Morgan fingerprint density at radius 2 is 2.06 bits per heavy atom. The van der Waals surface area contributed by atoms with E-state index < -0.39 is 0 Å². The Balaban J connectivity index is 1.81. The lowest BCUT2D eigenvalue weighted by Crippen LogP contribution is -2.53. The third-order valence-corrected chi connectivity index (χ3v) is 3.56. The number of nitrogens with zero attached hydrogens (tertiary/aromatic N) is 1. The van der Waals surface area contributed by atoms with Gasteiger partial charge in [0.25, 0.3) is 0 Å². The minimum Gasteiger partial charge on any atom is -0.377 e. The largest absolute Gasteiger partial charge is 0.377 e. The van der Waals surface area contributed by atoms with Crippen molar-refractivity contribution in [2.24, 2.45) is 0 Å². The van der Waals surface area contributed by atoms with Crippen molar-refractivity contribution in [2.45, 2.75) is 51.1 Å². The van der Waals surface area contributed by atoms with Crippen LogP contribution in [0.25, 0.3) is 0 Å². The van der Waals surface area contributed by atoms with Crippen molar-refractivity contribution in [3.8, 4) is 0 Å². The van der Waals surface area contributed by atoms with E-state index in [4.69, 9.17) is 4.74 Å². The fourth-order valence-corrected chi connectivity index (χ4v) is 2.53. The molecule has 2 aliphatic rings. The summed E-state index contributed by atoms with van der Waals surface area (Å²) in [5, 5.41) is 3.15. The molecule has 0 aromatic rings. The van der Waals surface area contributed by atoms with Crippen LogP contribution in [0.4, 0.5) is 4.79 Å². The van der Waals surface area contributed by atoms with Crippen molar-refractivity contribution in [1.29, 1.82) is 0 Å². The van der Waals surface area contributed by atoms with Crippen LogP contribution in [-0.4, -0.2) is 42.8 Å². The van der Waals surface area contributed by atoms with Gasteiger partial charge in [-0.3, -0.25) is 0 Å². The van der Waals surface area contributed by atoms with E-state index in [1.165, 1.54) is 19.3 Å². The zero-order valence-electron chi connectivity index (χ0n) is 10.1. The smallest absolute Gasteiger partial charge is 0.318 e. The highest BCUT2D eigenvalue weighted by Crippen LogP contribution is 2.18. The maximum Gasteiger partial charge on any atom is 0.318 e. The number of amides is 2. The molecule has 1 heterocycles. The van der Waals surface area contributed by atoms with Gasteiger partial charge in [0.15, 0.2) is 0 Å². The van der Waals surface area contributed by atoms with Crippen LogP contribution < -0.4 is 5.32 Å². The fourth-order valence-electron chi connectivity index (χ4n) is 2.53.